The second-order valence-corrected chi connectivity index (χ2v) is 6.02. The second kappa shape index (κ2) is 8.39. The maximum atomic E-state index is 11.4. The van der Waals surface area contributed by atoms with Crippen LogP contribution < -0.4 is 11.1 Å². The van der Waals surface area contributed by atoms with Crippen LogP contribution in [0.5, 0.6) is 0 Å². The van der Waals surface area contributed by atoms with Gasteiger partial charge in [0.15, 0.2) is 0 Å². The lowest BCUT2D eigenvalue weighted by atomic mass is 10.2. The van der Waals surface area contributed by atoms with Crippen molar-refractivity contribution in [1.29, 1.82) is 0 Å². The summed E-state index contributed by atoms with van der Waals surface area (Å²) in [6.45, 7) is -0.395. The molecule has 7 heteroatoms. The molecule has 5 nitrogen and oxygen atoms in total. The molecule has 0 aliphatic heterocycles. The number of aliphatic carboxylic acids is 1. The number of carboxylic acids is 1. The molecule has 0 radical (unpaired) electrons. The molecule has 19 heavy (non-hydrogen) atoms. The van der Waals surface area contributed by atoms with Gasteiger partial charge in [-0.1, -0.05) is 18.2 Å². The fourth-order valence-corrected chi connectivity index (χ4v) is 3.11. The van der Waals surface area contributed by atoms with Crippen molar-refractivity contribution in [2.45, 2.75) is 11.8 Å². The van der Waals surface area contributed by atoms with E-state index < -0.39 is 24.5 Å². The molecular formula is C12H15IN2O3S. The number of rotatable bonds is 7. The van der Waals surface area contributed by atoms with Gasteiger partial charge in [0.25, 0.3) is 0 Å². The van der Waals surface area contributed by atoms with E-state index in [9.17, 15) is 9.59 Å². The first-order valence-corrected chi connectivity index (χ1v) is 7.80. The summed E-state index contributed by atoms with van der Waals surface area (Å²) in [5, 5.41) is 10.7. The molecule has 1 rings (SSSR count). The Labute approximate surface area is 129 Å². The predicted octanol–water partition coefficient (Wildman–Crippen LogP) is 1.05. The van der Waals surface area contributed by atoms with E-state index in [2.05, 4.69) is 27.9 Å². The number of hydrogen-bond donors (Lipinski definition) is 3. The van der Waals surface area contributed by atoms with Crippen molar-refractivity contribution < 1.29 is 14.7 Å². The topological polar surface area (TPSA) is 92.4 Å². The number of benzene rings is 1. The molecule has 0 bridgehead atoms. The summed E-state index contributed by atoms with van der Waals surface area (Å²) in [5.74, 6) is -0.278. The van der Waals surface area contributed by atoms with E-state index in [-0.39, 0.29) is 0 Å². The summed E-state index contributed by atoms with van der Waals surface area (Å²) in [4.78, 5) is 21.7. The molecular weight excluding hydrogens is 379 g/mol. The minimum Gasteiger partial charge on any atom is -0.480 e. The maximum absolute atomic E-state index is 11.4. The van der Waals surface area contributed by atoms with Gasteiger partial charge in [0.1, 0.15) is 6.54 Å². The Kier molecular flexibility index (Phi) is 7.17. The van der Waals surface area contributed by atoms with Gasteiger partial charge in [-0.25, -0.2) is 0 Å². The van der Waals surface area contributed by atoms with Crippen molar-refractivity contribution in [2.75, 3.05) is 12.3 Å². The minimum absolute atomic E-state index is 0.395. The van der Waals surface area contributed by atoms with Crippen molar-refractivity contribution in [3.05, 3.63) is 33.4 Å². The minimum atomic E-state index is -1.08. The maximum Gasteiger partial charge on any atom is 0.322 e. The molecule has 1 aromatic carbocycles. The van der Waals surface area contributed by atoms with Crippen LogP contribution in [0.15, 0.2) is 24.3 Å². The van der Waals surface area contributed by atoms with Gasteiger partial charge in [-0.3, -0.25) is 9.59 Å². The number of nitrogens with two attached hydrogens (primary N) is 1. The van der Waals surface area contributed by atoms with Gasteiger partial charge in [0.05, 0.1) is 6.04 Å². The number of carboxylic acid groups (broad SMARTS) is 1. The molecule has 0 aromatic heterocycles. The Morgan fingerprint density at radius 1 is 1.42 bits per heavy atom. The standard InChI is InChI=1S/C12H15IN2O3S/c13-9-4-2-1-3-8(9)6-19-7-10(14)12(18)15-5-11(16)17/h1-4,10H,5-7,14H2,(H,15,18)(H,16,17)/t10-/m0/s1. The summed E-state index contributed by atoms with van der Waals surface area (Å²) >= 11 is 3.82. The van der Waals surface area contributed by atoms with Crippen molar-refractivity contribution >= 4 is 46.2 Å². The van der Waals surface area contributed by atoms with Crippen LogP contribution in [0.2, 0.25) is 0 Å². The highest BCUT2D eigenvalue weighted by Gasteiger charge is 2.14. The zero-order valence-electron chi connectivity index (χ0n) is 10.1. The van der Waals surface area contributed by atoms with Gasteiger partial charge in [-0.05, 0) is 34.2 Å². The first-order valence-electron chi connectivity index (χ1n) is 5.57. The van der Waals surface area contributed by atoms with Crippen molar-refractivity contribution in [2.24, 2.45) is 5.73 Å². The van der Waals surface area contributed by atoms with Crippen molar-refractivity contribution in [1.82, 2.24) is 5.32 Å². The largest absolute Gasteiger partial charge is 0.480 e. The molecule has 1 aromatic rings. The lowest BCUT2D eigenvalue weighted by molar-refractivity contribution is -0.138. The lowest BCUT2D eigenvalue weighted by Crippen LogP contribution is -2.44. The van der Waals surface area contributed by atoms with Gasteiger partial charge in [-0.2, -0.15) is 11.8 Å². The van der Waals surface area contributed by atoms with E-state index in [0.29, 0.717) is 5.75 Å². The van der Waals surface area contributed by atoms with E-state index in [1.54, 1.807) is 11.8 Å². The highest BCUT2D eigenvalue weighted by atomic mass is 127. The zero-order valence-corrected chi connectivity index (χ0v) is 13.1. The normalized spacial score (nSPS) is 11.9. The van der Waals surface area contributed by atoms with Crippen LogP contribution in [-0.4, -0.2) is 35.3 Å². The average molecular weight is 394 g/mol. The summed E-state index contributed by atoms with van der Waals surface area (Å²) in [6, 6.07) is 7.31. The summed E-state index contributed by atoms with van der Waals surface area (Å²) < 4.78 is 1.18. The summed E-state index contributed by atoms with van der Waals surface area (Å²) in [5.41, 5.74) is 6.88. The second-order valence-electron chi connectivity index (χ2n) is 3.82. The SMILES string of the molecule is N[C@@H](CSCc1ccccc1I)C(=O)NCC(=O)O. The predicted molar refractivity (Wildman–Crippen MR) is 83.9 cm³/mol. The third kappa shape index (κ3) is 6.26. The Bertz CT molecular complexity index is 456. The molecule has 0 unspecified atom stereocenters. The van der Waals surface area contributed by atoms with Gasteiger partial charge >= 0.3 is 5.97 Å². The molecule has 104 valence electrons. The van der Waals surface area contributed by atoms with E-state index in [1.807, 2.05) is 24.3 Å². The Morgan fingerprint density at radius 2 is 2.11 bits per heavy atom. The van der Waals surface area contributed by atoms with Gasteiger partial charge in [0.2, 0.25) is 5.91 Å². The number of thioether (sulfide) groups is 1. The molecule has 4 N–H and O–H groups in total. The Hall–Kier alpha value is -0.800. The average Bonchev–Trinajstić information content (AvgIpc) is 2.38. The van der Waals surface area contributed by atoms with Gasteiger partial charge in [0, 0.05) is 15.1 Å². The molecule has 0 saturated carbocycles. The van der Waals surface area contributed by atoms with Crippen LogP contribution in [0.3, 0.4) is 0 Å². The Balaban J connectivity index is 2.30. The van der Waals surface area contributed by atoms with Crippen LogP contribution in [0.4, 0.5) is 0 Å². The molecule has 0 saturated heterocycles. The zero-order chi connectivity index (χ0) is 14.3. The molecule has 0 fully saturated rings. The highest BCUT2D eigenvalue weighted by molar-refractivity contribution is 14.1. The quantitative estimate of drug-likeness (QED) is 0.602. The number of hydrogen-bond acceptors (Lipinski definition) is 4. The number of carbonyl (C=O) groups excluding carboxylic acids is 1. The fourth-order valence-electron chi connectivity index (χ4n) is 1.28. The molecule has 0 heterocycles. The molecule has 0 aliphatic carbocycles. The van der Waals surface area contributed by atoms with Gasteiger partial charge < -0.3 is 16.2 Å². The number of nitrogens with one attached hydrogen (secondary N) is 1. The van der Waals surface area contributed by atoms with E-state index in [0.717, 1.165) is 5.75 Å². The fraction of sp³-hybridized carbons (Fsp3) is 0.333. The third-order valence-corrected chi connectivity index (χ3v) is 4.43. The molecule has 1 atom stereocenters. The van der Waals surface area contributed by atoms with Crippen LogP contribution in [0.1, 0.15) is 5.56 Å². The third-order valence-electron chi connectivity index (χ3n) is 2.26. The number of halogens is 1. The molecule has 0 aliphatic rings. The van der Waals surface area contributed by atoms with Crippen LogP contribution in [-0.2, 0) is 15.3 Å². The molecule has 0 spiro atoms. The van der Waals surface area contributed by atoms with Gasteiger partial charge in [-0.15, -0.1) is 0 Å². The van der Waals surface area contributed by atoms with Crippen LogP contribution >= 0.6 is 34.4 Å². The highest BCUT2D eigenvalue weighted by Crippen LogP contribution is 2.18. The number of amides is 1. The first kappa shape index (κ1) is 16.3. The monoisotopic (exact) mass is 394 g/mol. The van der Waals surface area contributed by atoms with E-state index in [4.69, 9.17) is 10.8 Å². The summed E-state index contributed by atoms with van der Waals surface area (Å²) in [6.07, 6.45) is 0. The number of carbonyl (C=O) groups is 2. The summed E-state index contributed by atoms with van der Waals surface area (Å²) in [7, 11) is 0. The lowest BCUT2D eigenvalue weighted by Gasteiger charge is -2.11. The van der Waals surface area contributed by atoms with Crippen molar-refractivity contribution in [3.8, 4) is 0 Å². The van der Waals surface area contributed by atoms with E-state index >= 15 is 0 Å². The van der Waals surface area contributed by atoms with E-state index in [1.165, 1.54) is 9.13 Å². The molecule has 1 amide bonds. The van der Waals surface area contributed by atoms with Crippen LogP contribution in [0, 0.1) is 3.57 Å². The first-order chi connectivity index (χ1) is 9.00. The smallest absolute Gasteiger partial charge is 0.322 e. The van der Waals surface area contributed by atoms with Crippen molar-refractivity contribution in [3.63, 3.8) is 0 Å². The Morgan fingerprint density at radius 3 is 2.74 bits per heavy atom. The van der Waals surface area contributed by atoms with Crippen LogP contribution in [0.25, 0.3) is 0 Å².